The number of hydrogen-bond acceptors (Lipinski definition) is 10. The van der Waals surface area contributed by atoms with E-state index in [0.29, 0.717) is 22.6 Å². The van der Waals surface area contributed by atoms with Crippen molar-refractivity contribution >= 4 is 29.9 Å². The van der Waals surface area contributed by atoms with Crippen LogP contribution >= 0.6 is 0 Å². The molecule has 0 aromatic heterocycles. The Balaban J connectivity index is 1.72. The molecule has 1 aliphatic heterocycles. The van der Waals surface area contributed by atoms with Crippen LogP contribution in [0.2, 0.25) is 0 Å². The molecule has 1 saturated heterocycles. The van der Waals surface area contributed by atoms with E-state index in [1.807, 2.05) is 0 Å². The molecule has 0 saturated carbocycles. The summed E-state index contributed by atoms with van der Waals surface area (Å²) >= 11 is 0. The van der Waals surface area contributed by atoms with Crippen molar-refractivity contribution in [2.24, 2.45) is 0 Å². The number of sulfonamides is 2. The van der Waals surface area contributed by atoms with Crippen LogP contribution in [0.4, 0.5) is 0 Å². The molecular weight excluding hydrogens is 693 g/mol. The molecule has 2 atom stereocenters. The van der Waals surface area contributed by atoms with Gasteiger partial charge in [-0.1, -0.05) is 60.7 Å². The smallest absolute Gasteiger partial charge is 0.247 e. The van der Waals surface area contributed by atoms with Crippen LogP contribution in [0.1, 0.15) is 11.1 Å². The van der Waals surface area contributed by atoms with Gasteiger partial charge in [-0.25, -0.2) is 25.3 Å². The minimum atomic E-state index is -4.55. The van der Waals surface area contributed by atoms with Gasteiger partial charge in [-0.05, 0) is 35.4 Å². The van der Waals surface area contributed by atoms with E-state index in [-0.39, 0.29) is 34.4 Å². The minimum Gasteiger partial charge on any atom is -0.497 e. The molecule has 0 amide bonds. The Morgan fingerprint density at radius 2 is 0.939 bits per heavy atom. The molecule has 0 N–H and O–H groups in total. The molecule has 4 aromatic rings. The summed E-state index contributed by atoms with van der Waals surface area (Å²) in [4.78, 5) is -0.465. The van der Waals surface area contributed by atoms with Crippen molar-refractivity contribution in [3.8, 4) is 23.0 Å². The molecule has 12 nitrogen and oxygen atoms in total. The average Bonchev–Trinajstić information content (AvgIpc) is 3.43. The lowest BCUT2D eigenvalue weighted by Gasteiger charge is -2.37. The number of ether oxygens (including phenoxy) is 4. The third kappa shape index (κ3) is 7.70. The van der Waals surface area contributed by atoms with Gasteiger partial charge in [0.05, 0.1) is 52.0 Å². The number of rotatable bonds is 14. The van der Waals surface area contributed by atoms with Crippen LogP contribution in [0.15, 0.2) is 107 Å². The molecule has 0 aliphatic carbocycles. The maximum absolute atomic E-state index is 14.7. The maximum Gasteiger partial charge on any atom is 0.247 e. The lowest BCUT2D eigenvalue weighted by atomic mass is 10.1. The van der Waals surface area contributed by atoms with Crippen LogP contribution in [0.3, 0.4) is 0 Å². The van der Waals surface area contributed by atoms with E-state index in [1.165, 1.54) is 64.8 Å². The molecular formula is C34H38N2O10S3. The fourth-order valence-corrected chi connectivity index (χ4v) is 11.6. The van der Waals surface area contributed by atoms with Crippen LogP contribution in [0.5, 0.6) is 23.0 Å². The Morgan fingerprint density at radius 1 is 0.571 bits per heavy atom. The highest BCUT2D eigenvalue weighted by Crippen LogP contribution is 2.39. The Hall–Kier alpha value is -4.15. The normalized spacial score (nSPS) is 17.6. The zero-order valence-corrected chi connectivity index (χ0v) is 29.9. The Labute approximate surface area is 287 Å². The van der Waals surface area contributed by atoms with Crippen molar-refractivity contribution in [1.82, 2.24) is 8.61 Å². The van der Waals surface area contributed by atoms with Gasteiger partial charge in [0.2, 0.25) is 20.0 Å². The van der Waals surface area contributed by atoms with Crippen LogP contribution in [-0.2, 0) is 43.0 Å². The molecule has 1 heterocycles. The highest BCUT2D eigenvalue weighted by Gasteiger charge is 2.51. The predicted molar refractivity (Wildman–Crippen MR) is 184 cm³/mol. The summed E-state index contributed by atoms with van der Waals surface area (Å²) in [7, 11) is -7.58. The Morgan fingerprint density at radius 3 is 1.27 bits per heavy atom. The fourth-order valence-electron chi connectivity index (χ4n) is 5.88. The monoisotopic (exact) mass is 730 g/mol. The summed E-state index contributed by atoms with van der Waals surface area (Å²) in [5, 5.41) is 0. The van der Waals surface area contributed by atoms with Gasteiger partial charge in [0, 0.05) is 25.2 Å². The number of benzene rings is 4. The number of hydrogen-bond donors (Lipinski definition) is 0. The summed E-state index contributed by atoms with van der Waals surface area (Å²) < 4.78 is 110. The molecule has 1 aliphatic rings. The van der Waals surface area contributed by atoms with Crippen molar-refractivity contribution < 1.29 is 44.2 Å². The third-order valence-electron chi connectivity index (χ3n) is 8.31. The summed E-state index contributed by atoms with van der Waals surface area (Å²) in [6, 6.07) is 23.1. The van der Waals surface area contributed by atoms with Crippen molar-refractivity contribution in [1.29, 1.82) is 0 Å². The van der Waals surface area contributed by atoms with Gasteiger partial charge >= 0.3 is 0 Å². The predicted octanol–water partition coefficient (Wildman–Crippen LogP) is 3.97. The average molecular weight is 731 g/mol. The molecule has 1 fully saturated rings. The standard InChI is InChI=1S/C34H38N2O10S3/c1-43-27-15-17-33(31(19-27)45-3)48(39,40)35(21-25-11-7-5-8-12-25)29-23-47(37,38)24-30(29)36(22-26-13-9-6-10-14-26)49(41,42)34-18-16-28(44-2)20-32(34)46-4/h5-20,29-30H,21-24H2,1-4H3/t29-,30+. The zero-order valence-electron chi connectivity index (χ0n) is 27.4. The molecule has 0 bridgehead atoms. The van der Waals surface area contributed by atoms with Gasteiger partial charge < -0.3 is 18.9 Å². The lowest BCUT2D eigenvalue weighted by molar-refractivity contribution is 0.218. The molecule has 15 heteroatoms. The quantitative estimate of drug-likeness (QED) is 0.187. The van der Waals surface area contributed by atoms with Gasteiger partial charge in [0.15, 0.2) is 9.84 Å². The number of sulfone groups is 1. The van der Waals surface area contributed by atoms with E-state index < -0.39 is 53.5 Å². The Kier molecular flexibility index (Phi) is 10.9. The van der Waals surface area contributed by atoms with Gasteiger partial charge in [-0.15, -0.1) is 0 Å². The first-order chi connectivity index (χ1) is 23.3. The van der Waals surface area contributed by atoms with E-state index in [2.05, 4.69) is 0 Å². The third-order valence-corrected chi connectivity index (χ3v) is 13.8. The molecule has 49 heavy (non-hydrogen) atoms. The van der Waals surface area contributed by atoms with Crippen molar-refractivity contribution in [3.05, 3.63) is 108 Å². The first-order valence-corrected chi connectivity index (χ1v) is 19.8. The van der Waals surface area contributed by atoms with Crippen molar-refractivity contribution in [2.75, 3.05) is 39.9 Å². The van der Waals surface area contributed by atoms with E-state index in [9.17, 15) is 25.3 Å². The first kappa shape index (κ1) is 36.1. The van der Waals surface area contributed by atoms with E-state index in [4.69, 9.17) is 18.9 Å². The van der Waals surface area contributed by atoms with Gasteiger partial charge in [-0.3, -0.25) is 0 Å². The second-order valence-electron chi connectivity index (χ2n) is 11.3. The van der Waals surface area contributed by atoms with Gasteiger partial charge in [0.25, 0.3) is 0 Å². The fraction of sp³-hybridized carbons (Fsp3) is 0.294. The van der Waals surface area contributed by atoms with E-state index >= 15 is 0 Å². The maximum atomic E-state index is 14.7. The first-order valence-electron chi connectivity index (χ1n) is 15.1. The van der Waals surface area contributed by atoms with Crippen LogP contribution in [-0.4, -0.2) is 85.9 Å². The summed E-state index contributed by atoms with van der Waals surface area (Å²) in [5.74, 6) is -0.593. The molecule has 0 spiro atoms. The summed E-state index contributed by atoms with van der Waals surface area (Å²) in [6.45, 7) is -0.500. The second-order valence-corrected chi connectivity index (χ2v) is 17.2. The lowest BCUT2D eigenvalue weighted by Crippen LogP contribution is -2.54. The highest BCUT2D eigenvalue weighted by atomic mass is 32.2. The Bertz CT molecular complexity index is 1950. The van der Waals surface area contributed by atoms with Crippen LogP contribution < -0.4 is 18.9 Å². The highest BCUT2D eigenvalue weighted by molar-refractivity contribution is 7.92. The van der Waals surface area contributed by atoms with Gasteiger partial charge in [-0.2, -0.15) is 8.61 Å². The van der Waals surface area contributed by atoms with E-state index in [0.717, 1.165) is 8.61 Å². The van der Waals surface area contributed by atoms with Crippen LogP contribution in [0.25, 0.3) is 0 Å². The topological polar surface area (TPSA) is 146 Å². The summed E-state index contributed by atoms with van der Waals surface area (Å²) in [6.07, 6.45) is 0. The molecule has 0 radical (unpaired) electrons. The zero-order chi connectivity index (χ0) is 35.4. The largest absolute Gasteiger partial charge is 0.497 e. The molecule has 5 rings (SSSR count). The minimum absolute atomic E-state index is 0.0217. The molecule has 4 aromatic carbocycles. The molecule has 0 unspecified atom stereocenters. The van der Waals surface area contributed by atoms with Crippen molar-refractivity contribution in [2.45, 2.75) is 35.0 Å². The van der Waals surface area contributed by atoms with E-state index in [1.54, 1.807) is 60.7 Å². The number of nitrogens with zero attached hydrogens (tertiary/aromatic N) is 2. The number of methoxy groups -OCH3 is 4. The second kappa shape index (κ2) is 14.8. The van der Waals surface area contributed by atoms with Crippen LogP contribution in [0, 0.1) is 0 Å². The SMILES string of the molecule is COc1ccc(S(=O)(=O)N(Cc2ccccc2)[C@@H]2CS(=O)(=O)C[C@@H]2N(Cc2ccccc2)S(=O)(=O)c2ccc(OC)cc2OC)c(OC)c1. The van der Waals surface area contributed by atoms with Crippen molar-refractivity contribution in [3.63, 3.8) is 0 Å². The van der Waals surface area contributed by atoms with Gasteiger partial charge in [0.1, 0.15) is 32.8 Å². The summed E-state index contributed by atoms with van der Waals surface area (Å²) in [5.41, 5.74) is 1.13. The molecule has 262 valence electrons.